The monoisotopic (exact) mass is 278 g/mol. The molecule has 0 aliphatic carbocycles. The standard InChI is InChI=1S/C14H18N2O2S/c1-2-7-15-14-16-8-13(19-14)10-18-12-5-3-11(9-17)4-6-12/h3-6,8,17H,2,7,9-10H2,1H3,(H,15,16). The molecule has 2 rings (SSSR count). The quantitative estimate of drug-likeness (QED) is 0.817. The first-order valence-electron chi connectivity index (χ1n) is 6.33. The van der Waals surface area contributed by atoms with Gasteiger partial charge in [-0.2, -0.15) is 0 Å². The van der Waals surface area contributed by atoms with E-state index in [0.29, 0.717) is 6.61 Å². The molecule has 0 spiro atoms. The molecule has 0 saturated carbocycles. The highest BCUT2D eigenvalue weighted by Gasteiger charge is 2.02. The largest absolute Gasteiger partial charge is 0.488 e. The van der Waals surface area contributed by atoms with Gasteiger partial charge in [0, 0.05) is 12.7 Å². The number of aromatic nitrogens is 1. The van der Waals surface area contributed by atoms with Crippen molar-refractivity contribution in [3.05, 3.63) is 40.9 Å². The van der Waals surface area contributed by atoms with Crippen molar-refractivity contribution in [1.82, 2.24) is 4.98 Å². The highest BCUT2D eigenvalue weighted by Crippen LogP contribution is 2.20. The molecule has 1 heterocycles. The Morgan fingerprint density at radius 1 is 1.32 bits per heavy atom. The van der Waals surface area contributed by atoms with Gasteiger partial charge >= 0.3 is 0 Å². The summed E-state index contributed by atoms with van der Waals surface area (Å²) >= 11 is 1.61. The third-order valence-electron chi connectivity index (χ3n) is 2.57. The van der Waals surface area contributed by atoms with Gasteiger partial charge in [-0.15, -0.1) is 0 Å². The van der Waals surface area contributed by atoms with Crippen molar-refractivity contribution in [3.63, 3.8) is 0 Å². The lowest BCUT2D eigenvalue weighted by Crippen LogP contribution is -1.97. The van der Waals surface area contributed by atoms with Gasteiger partial charge in [-0.1, -0.05) is 30.4 Å². The van der Waals surface area contributed by atoms with Crippen LogP contribution in [0.25, 0.3) is 0 Å². The molecule has 2 aromatic rings. The number of thiazole rings is 1. The lowest BCUT2D eigenvalue weighted by molar-refractivity contribution is 0.281. The third kappa shape index (κ3) is 4.22. The molecule has 102 valence electrons. The first kappa shape index (κ1) is 13.8. The predicted octanol–water partition coefficient (Wildman–Crippen LogP) is 3.04. The predicted molar refractivity (Wildman–Crippen MR) is 77.6 cm³/mol. The van der Waals surface area contributed by atoms with Gasteiger partial charge in [-0.25, -0.2) is 4.98 Å². The summed E-state index contributed by atoms with van der Waals surface area (Å²) < 4.78 is 5.67. The minimum atomic E-state index is 0.0571. The molecule has 0 bridgehead atoms. The van der Waals surface area contributed by atoms with Gasteiger partial charge < -0.3 is 15.2 Å². The topological polar surface area (TPSA) is 54.4 Å². The molecule has 1 aromatic carbocycles. The van der Waals surface area contributed by atoms with E-state index in [1.807, 2.05) is 30.5 Å². The summed E-state index contributed by atoms with van der Waals surface area (Å²) in [5.41, 5.74) is 0.885. The van der Waals surface area contributed by atoms with Crippen molar-refractivity contribution in [1.29, 1.82) is 0 Å². The van der Waals surface area contributed by atoms with Crippen molar-refractivity contribution in [3.8, 4) is 5.75 Å². The lowest BCUT2D eigenvalue weighted by Gasteiger charge is -2.04. The Labute approximate surface area is 117 Å². The van der Waals surface area contributed by atoms with Crippen molar-refractivity contribution < 1.29 is 9.84 Å². The van der Waals surface area contributed by atoms with Gasteiger partial charge in [-0.3, -0.25) is 0 Å². The fourth-order valence-electron chi connectivity index (χ4n) is 1.53. The maximum atomic E-state index is 8.96. The molecule has 0 radical (unpaired) electrons. The van der Waals surface area contributed by atoms with Crippen LogP contribution >= 0.6 is 11.3 Å². The second kappa shape index (κ2) is 7.11. The molecule has 2 N–H and O–H groups in total. The molecule has 19 heavy (non-hydrogen) atoms. The summed E-state index contributed by atoms with van der Waals surface area (Å²) in [4.78, 5) is 5.38. The van der Waals surface area contributed by atoms with E-state index in [9.17, 15) is 0 Å². The molecule has 0 aliphatic heterocycles. The third-order valence-corrected chi connectivity index (χ3v) is 3.50. The van der Waals surface area contributed by atoms with E-state index < -0.39 is 0 Å². The molecular weight excluding hydrogens is 260 g/mol. The smallest absolute Gasteiger partial charge is 0.182 e. The molecule has 0 atom stereocenters. The summed E-state index contributed by atoms with van der Waals surface area (Å²) in [5.74, 6) is 0.800. The number of ether oxygens (including phenoxy) is 1. The summed E-state index contributed by atoms with van der Waals surface area (Å²) in [7, 11) is 0. The van der Waals surface area contributed by atoms with E-state index in [1.54, 1.807) is 11.3 Å². The molecule has 0 unspecified atom stereocenters. The fourth-order valence-corrected chi connectivity index (χ4v) is 2.28. The summed E-state index contributed by atoms with van der Waals surface area (Å²) in [6.45, 7) is 3.64. The maximum absolute atomic E-state index is 8.96. The molecular formula is C14H18N2O2S. The van der Waals surface area contributed by atoms with E-state index in [4.69, 9.17) is 9.84 Å². The number of nitrogens with one attached hydrogen (secondary N) is 1. The number of rotatable bonds is 7. The second-order valence-electron chi connectivity index (χ2n) is 4.15. The molecule has 0 fully saturated rings. The zero-order valence-corrected chi connectivity index (χ0v) is 11.7. The second-order valence-corrected chi connectivity index (χ2v) is 5.26. The number of hydrogen-bond acceptors (Lipinski definition) is 5. The van der Waals surface area contributed by atoms with Gasteiger partial charge in [0.15, 0.2) is 5.13 Å². The fraction of sp³-hybridized carbons (Fsp3) is 0.357. The Hall–Kier alpha value is -1.59. The van der Waals surface area contributed by atoms with Crippen LogP contribution in [-0.4, -0.2) is 16.6 Å². The molecule has 4 nitrogen and oxygen atoms in total. The Balaban J connectivity index is 1.85. The normalized spacial score (nSPS) is 10.4. The van der Waals surface area contributed by atoms with E-state index in [2.05, 4.69) is 17.2 Å². The SMILES string of the molecule is CCCNc1ncc(COc2ccc(CO)cc2)s1. The van der Waals surface area contributed by atoms with Gasteiger partial charge in [0.2, 0.25) is 0 Å². The number of aliphatic hydroxyl groups is 1. The van der Waals surface area contributed by atoms with Crippen molar-refractivity contribution in [2.75, 3.05) is 11.9 Å². The van der Waals surface area contributed by atoms with E-state index in [1.165, 1.54) is 0 Å². The Morgan fingerprint density at radius 2 is 2.11 bits per heavy atom. The van der Waals surface area contributed by atoms with Gasteiger partial charge in [0.25, 0.3) is 0 Å². The Morgan fingerprint density at radius 3 is 2.79 bits per heavy atom. The van der Waals surface area contributed by atoms with Crippen LogP contribution in [0.4, 0.5) is 5.13 Å². The lowest BCUT2D eigenvalue weighted by atomic mass is 10.2. The Kier molecular flexibility index (Phi) is 5.18. The summed E-state index contributed by atoms with van der Waals surface area (Å²) in [6, 6.07) is 7.44. The number of benzene rings is 1. The average molecular weight is 278 g/mol. The van der Waals surface area contributed by atoms with Crippen LogP contribution in [0.1, 0.15) is 23.8 Å². The van der Waals surface area contributed by atoms with Crippen LogP contribution in [0.5, 0.6) is 5.75 Å². The van der Waals surface area contributed by atoms with Crippen molar-refractivity contribution >= 4 is 16.5 Å². The zero-order valence-electron chi connectivity index (χ0n) is 10.9. The first-order valence-corrected chi connectivity index (χ1v) is 7.14. The highest BCUT2D eigenvalue weighted by molar-refractivity contribution is 7.15. The van der Waals surface area contributed by atoms with Crippen LogP contribution in [0.3, 0.4) is 0 Å². The minimum absolute atomic E-state index is 0.0571. The number of nitrogens with zero attached hydrogens (tertiary/aromatic N) is 1. The van der Waals surface area contributed by atoms with E-state index in [-0.39, 0.29) is 6.61 Å². The van der Waals surface area contributed by atoms with Crippen LogP contribution in [0, 0.1) is 0 Å². The molecule has 1 aromatic heterocycles. The van der Waals surface area contributed by atoms with Crippen molar-refractivity contribution in [2.24, 2.45) is 0 Å². The highest BCUT2D eigenvalue weighted by atomic mass is 32.1. The molecule has 5 heteroatoms. The summed E-state index contributed by atoms with van der Waals surface area (Å²) in [5, 5.41) is 13.1. The number of anilines is 1. The maximum Gasteiger partial charge on any atom is 0.182 e. The van der Waals surface area contributed by atoms with Crippen LogP contribution in [0.15, 0.2) is 30.5 Å². The molecule has 0 saturated heterocycles. The average Bonchev–Trinajstić information content (AvgIpc) is 2.91. The van der Waals surface area contributed by atoms with E-state index in [0.717, 1.165) is 34.3 Å². The number of hydrogen-bond donors (Lipinski definition) is 2. The number of aliphatic hydroxyl groups excluding tert-OH is 1. The van der Waals surface area contributed by atoms with E-state index >= 15 is 0 Å². The summed E-state index contributed by atoms with van der Waals surface area (Å²) in [6.07, 6.45) is 2.92. The molecule has 0 amide bonds. The van der Waals surface area contributed by atoms with Crippen LogP contribution in [-0.2, 0) is 13.2 Å². The molecule has 0 aliphatic rings. The van der Waals surface area contributed by atoms with Crippen LogP contribution < -0.4 is 10.1 Å². The van der Waals surface area contributed by atoms with Gasteiger partial charge in [0.1, 0.15) is 12.4 Å². The van der Waals surface area contributed by atoms with Crippen molar-refractivity contribution in [2.45, 2.75) is 26.6 Å². The minimum Gasteiger partial charge on any atom is -0.488 e. The van der Waals surface area contributed by atoms with Crippen LogP contribution in [0.2, 0.25) is 0 Å². The zero-order chi connectivity index (χ0) is 13.5. The van der Waals surface area contributed by atoms with Gasteiger partial charge in [-0.05, 0) is 24.1 Å². The van der Waals surface area contributed by atoms with Gasteiger partial charge in [0.05, 0.1) is 11.5 Å². The Bertz CT molecular complexity index is 496. The first-order chi connectivity index (χ1) is 9.31.